The molecule has 12 heteroatoms. The van der Waals surface area contributed by atoms with Gasteiger partial charge in [0.25, 0.3) is 0 Å². The lowest BCUT2D eigenvalue weighted by atomic mass is 9.79. The van der Waals surface area contributed by atoms with E-state index in [9.17, 15) is 23.6 Å². The van der Waals surface area contributed by atoms with Crippen LogP contribution in [0.15, 0.2) is 36.4 Å². The van der Waals surface area contributed by atoms with Crippen molar-refractivity contribution < 1.29 is 23.6 Å². The third kappa shape index (κ3) is 7.30. The van der Waals surface area contributed by atoms with E-state index < -0.39 is 41.5 Å². The maximum absolute atomic E-state index is 14.9. The van der Waals surface area contributed by atoms with Gasteiger partial charge in [-0.25, -0.2) is 4.39 Å². The quantitative estimate of drug-likeness (QED) is 0.350. The van der Waals surface area contributed by atoms with Gasteiger partial charge in [-0.3, -0.25) is 19.2 Å². The molecule has 1 fully saturated rings. The van der Waals surface area contributed by atoms with Gasteiger partial charge in [-0.2, -0.15) is 0 Å². The molecule has 2 aliphatic rings. The Morgan fingerprint density at radius 3 is 2.35 bits per heavy atom. The molecule has 43 heavy (non-hydrogen) atoms. The standard InChI is InChI=1S/C31H38Cl2FN5O4/c1-31(2)12-15-38(16-13-31)24(40)9-10-25(41)39-23(29(36)42)17-18-5-3-4-6-19(18)28(39)20(11-14-35)30(43)37-22-8-7-21(32)26(33)27(22)34/h3-8,20,23,28H,9-17,35H2,1-2H3,(H2,36,42)(H,37,43)/t20-,23?,28?/m0/s1. The summed E-state index contributed by atoms with van der Waals surface area (Å²) in [6.45, 7) is 5.63. The number of nitrogens with two attached hydrogens (primary N) is 2. The summed E-state index contributed by atoms with van der Waals surface area (Å²) < 4.78 is 14.9. The van der Waals surface area contributed by atoms with Crippen molar-refractivity contribution in [1.29, 1.82) is 0 Å². The number of hydrogen-bond donors (Lipinski definition) is 3. The second kappa shape index (κ2) is 13.6. The van der Waals surface area contributed by atoms with Gasteiger partial charge < -0.3 is 26.6 Å². The smallest absolute Gasteiger partial charge is 0.240 e. The van der Waals surface area contributed by atoms with Crippen LogP contribution in [0.5, 0.6) is 0 Å². The Kier molecular flexibility index (Phi) is 10.4. The van der Waals surface area contributed by atoms with Crippen molar-refractivity contribution in [2.45, 2.75) is 64.5 Å². The van der Waals surface area contributed by atoms with Gasteiger partial charge in [-0.05, 0) is 54.5 Å². The number of nitrogens with one attached hydrogen (secondary N) is 1. The van der Waals surface area contributed by atoms with Crippen molar-refractivity contribution in [2.24, 2.45) is 22.8 Å². The fourth-order valence-electron chi connectivity index (χ4n) is 5.96. The van der Waals surface area contributed by atoms with Crippen LogP contribution in [0.4, 0.5) is 10.1 Å². The van der Waals surface area contributed by atoms with E-state index in [1.807, 2.05) is 6.07 Å². The minimum absolute atomic E-state index is 0.0132. The van der Waals surface area contributed by atoms with Gasteiger partial charge in [0, 0.05) is 32.4 Å². The Hall–Kier alpha value is -3.21. The zero-order valence-corrected chi connectivity index (χ0v) is 25.9. The van der Waals surface area contributed by atoms with E-state index in [0.29, 0.717) is 18.7 Å². The Morgan fingerprint density at radius 1 is 1.05 bits per heavy atom. The summed E-state index contributed by atoms with van der Waals surface area (Å²) >= 11 is 11.9. The third-order valence-corrected chi connectivity index (χ3v) is 9.33. The monoisotopic (exact) mass is 633 g/mol. The average molecular weight is 635 g/mol. The van der Waals surface area contributed by atoms with Crippen LogP contribution < -0.4 is 16.8 Å². The van der Waals surface area contributed by atoms with Gasteiger partial charge in [0.15, 0.2) is 5.82 Å². The molecule has 5 N–H and O–H groups in total. The predicted octanol–water partition coefficient (Wildman–Crippen LogP) is 4.44. The number of benzene rings is 2. The molecule has 3 atom stereocenters. The number of rotatable bonds is 9. The Morgan fingerprint density at radius 2 is 1.70 bits per heavy atom. The molecule has 2 aliphatic heterocycles. The summed E-state index contributed by atoms with van der Waals surface area (Å²) in [5.74, 6) is -3.88. The highest BCUT2D eigenvalue weighted by atomic mass is 35.5. The molecular formula is C31H38Cl2FN5O4. The van der Waals surface area contributed by atoms with Crippen LogP contribution in [0.3, 0.4) is 0 Å². The molecule has 0 bridgehead atoms. The molecule has 4 rings (SSSR count). The zero-order chi connectivity index (χ0) is 31.5. The molecule has 0 spiro atoms. The highest BCUT2D eigenvalue weighted by molar-refractivity contribution is 6.42. The van der Waals surface area contributed by atoms with Crippen LogP contribution in [0, 0.1) is 17.2 Å². The molecule has 0 aliphatic carbocycles. The molecule has 2 unspecified atom stereocenters. The van der Waals surface area contributed by atoms with E-state index in [4.69, 9.17) is 34.7 Å². The summed E-state index contributed by atoms with van der Waals surface area (Å²) in [6, 6.07) is 7.81. The Balaban J connectivity index is 1.65. The second-order valence-corrected chi connectivity index (χ2v) is 12.8. The van der Waals surface area contributed by atoms with Gasteiger partial charge >= 0.3 is 0 Å². The number of likely N-dealkylation sites (tertiary alicyclic amines) is 1. The van der Waals surface area contributed by atoms with E-state index in [0.717, 1.165) is 18.4 Å². The maximum atomic E-state index is 14.9. The lowest BCUT2D eigenvalue weighted by Gasteiger charge is -2.45. The molecule has 0 radical (unpaired) electrons. The van der Waals surface area contributed by atoms with Crippen molar-refractivity contribution in [1.82, 2.24) is 9.80 Å². The van der Waals surface area contributed by atoms with Crippen molar-refractivity contribution in [3.63, 3.8) is 0 Å². The van der Waals surface area contributed by atoms with E-state index >= 15 is 0 Å². The van der Waals surface area contributed by atoms with Gasteiger partial charge in [-0.15, -0.1) is 0 Å². The Bertz CT molecular complexity index is 1390. The van der Waals surface area contributed by atoms with Crippen LogP contribution in [-0.4, -0.2) is 59.1 Å². The summed E-state index contributed by atoms with van der Waals surface area (Å²) in [4.78, 5) is 56.7. The first-order valence-corrected chi connectivity index (χ1v) is 15.2. The third-order valence-electron chi connectivity index (χ3n) is 8.55. The molecule has 0 aromatic heterocycles. The maximum Gasteiger partial charge on any atom is 0.240 e. The number of primary amides is 1. The number of hydrogen-bond acceptors (Lipinski definition) is 5. The molecule has 4 amide bonds. The summed E-state index contributed by atoms with van der Waals surface area (Å²) in [5, 5.41) is 2.21. The highest BCUT2D eigenvalue weighted by Crippen LogP contribution is 2.41. The van der Waals surface area contributed by atoms with Gasteiger partial charge in [0.05, 0.1) is 27.7 Å². The number of halogens is 3. The van der Waals surface area contributed by atoms with Crippen molar-refractivity contribution in [3.05, 3.63) is 63.4 Å². The zero-order valence-electron chi connectivity index (χ0n) is 24.4. The van der Waals surface area contributed by atoms with E-state index in [1.165, 1.54) is 17.0 Å². The Labute approximate surface area is 261 Å². The molecule has 0 saturated carbocycles. The van der Waals surface area contributed by atoms with Crippen LogP contribution in [0.25, 0.3) is 0 Å². The summed E-state index contributed by atoms with van der Waals surface area (Å²) in [6.07, 6.45) is 1.79. The van der Waals surface area contributed by atoms with Gasteiger partial charge in [-0.1, -0.05) is 61.3 Å². The lowest BCUT2D eigenvalue weighted by Crippen LogP contribution is -2.56. The molecule has 232 valence electrons. The van der Waals surface area contributed by atoms with Gasteiger partial charge in [0.2, 0.25) is 23.6 Å². The predicted molar refractivity (Wildman–Crippen MR) is 164 cm³/mol. The van der Waals surface area contributed by atoms with Gasteiger partial charge in [0.1, 0.15) is 6.04 Å². The lowest BCUT2D eigenvalue weighted by molar-refractivity contribution is -0.148. The second-order valence-electron chi connectivity index (χ2n) is 12.0. The van der Waals surface area contributed by atoms with Crippen LogP contribution in [0.1, 0.15) is 63.1 Å². The minimum atomic E-state index is -1.06. The fourth-order valence-corrected chi connectivity index (χ4v) is 6.27. The summed E-state index contributed by atoms with van der Waals surface area (Å²) in [5.41, 5.74) is 13.1. The van der Waals surface area contributed by atoms with Crippen molar-refractivity contribution in [2.75, 3.05) is 25.0 Å². The minimum Gasteiger partial charge on any atom is -0.368 e. The van der Waals surface area contributed by atoms with Crippen LogP contribution >= 0.6 is 23.2 Å². The fraction of sp³-hybridized carbons (Fsp3) is 0.484. The largest absolute Gasteiger partial charge is 0.368 e. The summed E-state index contributed by atoms with van der Waals surface area (Å²) in [7, 11) is 0. The first-order chi connectivity index (χ1) is 20.3. The molecule has 2 aromatic carbocycles. The number of anilines is 1. The first-order valence-electron chi connectivity index (χ1n) is 14.4. The molecule has 1 saturated heterocycles. The normalized spacial score (nSPS) is 20.2. The molecule has 2 heterocycles. The highest BCUT2D eigenvalue weighted by Gasteiger charge is 2.45. The van der Waals surface area contributed by atoms with E-state index in [1.54, 1.807) is 23.1 Å². The van der Waals surface area contributed by atoms with Crippen molar-refractivity contribution in [3.8, 4) is 0 Å². The molecule has 2 aromatic rings. The van der Waals surface area contributed by atoms with E-state index in [-0.39, 0.29) is 59.3 Å². The number of carbonyl (C=O) groups is 4. The average Bonchev–Trinajstić information content (AvgIpc) is 2.97. The molecular weight excluding hydrogens is 596 g/mol. The number of nitrogens with zero attached hydrogens (tertiary/aromatic N) is 2. The van der Waals surface area contributed by atoms with Crippen LogP contribution in [-0.2, 0) is 25.6 Å². The number of fused-ring (bicyclic) bond motifs is 1. The topological polar surface area (TPSA) is 139 Å². The first kappa shape index (κ1) is 32.7. The number of carbonyl (C=O) groups excluding carboxylic acids is 4. The SMILES string of the molecule is CC1(C)CCN(C(=O)CCC(=O)N2C(C(N)=O)Cc3ccccc3C2[C@H](CCN)C(=O)Nc2ccc(Cl)c(Cl)c2F)CC1. The number of amides is 4. The van der Waals surface area contributed by atoms with E-state index in [2.05, 4.69) is 19.2 Å². The van der Waals surface area contributed by atoms with Crippen LogP contribution in [0.2, 0.25) is 10.0 Å². The van der Waals surface area contributed by atoms with Crippen molar-refractivity contribution >= 4 is 52.5 Å². The molecule has 9 nitrogen and oxygen atoms in total. The number of piperidine rings is 1.